The van der Waals surface area contributed by atoms with E-state index in [1.54, 1.807) is 23.4 Å². The van der Waals surface area contributed by atoms with Gasteiger partial charge in [0.25, 0.3) is 5.91 Å². The summed E-state index contributed by atoms with van der Waals surface area (Å²) >= 11 is 0. The molecule has 0 spiro atoms. The molecule has 2 aliphatic heterocycles. The van der Waals surface area contributed by atoms with Crippen LogP contribution in [-0.4, -0.2) is 63.5 Å². The summed E-state index contributed by atoms with van der Waals surface area (Å²) in [5.41, 5.74) is 3.27. The molecule has 1 aromatic heterocycles. The Morgan fingerprint density at radius 3 is 2.59 bits per heavy atom. The van der Waals surface area contributed by atoms with Crippen LogP contribution >= 0.6 is 0 Å². The van der Waals surface area contributed by atoms with Gasteiger partial charge in [-0.15, -0.1) is 0 Å². The smallest absolute Gasteiger partial charge is 0.254 e. The topological polar surface area (TPSA) is 73.7 Å². The number of carbonyl (C=O) groups is 2. The lowest BCUT2D eigenvalue weighted by Crippen LogP contribution is -2.73. The highest BCUT2D eigenvalue weighted by atomic mass is 19.1. The van der Waals surface area contributed by atoms with E-state index in [4.69, 9.17) is 0 Å². The number of amides is 2. The fourth-order valence-corrected chi connectivity index (χ4v) is 4.89. The average Bonchev–Trinajstić information content (AvgIpc) is 2.81. The summed E-state index contributed by atoms with van der Waals surface area (Å²) in [4.78, 5) is 33.0. The van der Waals surface area contributed by atoms with E-state index in [1.165, 1.54) is 23.1 Å². The molecule has 0 saturated carbocycles. The zero-order valence-electron chi connectivity index (χ0n) is 17.3. The number of fused-ring (bicyclic) bond motifs is 1. The highest BCUT2D eigenvalue weighted by Gasteiger charge is 2.54. The third kappa shape index (κ3) is 3.44. The number of benzene rings is 2. The normalized spacial score (nSPS) is 22.3. The van der Waals surface area contributed by atoms with Gasteiger partial charge in [0.2, 0.25) is 5.91 Å². The van der Waals surface area contributed by atoms with Crippen LogP contribution < -0.4 is 0 Å². The lowest BCUT2D eigenvalue weighted by Gasteiger charge is -2.58. The molecule has 3 heterocycles. The summed E-state index contributed by atoms with van der Waals surface area (Å²) in [6.45, 7) is 0.122. The van der Waals surface area contributed by atoms with Gasteiger partial charge in [0.15, 0.2) is 0 Å². The second kappa shape index (κ2) is 8.16. The maximum atomic E-state index is 13.6. The number of nitrogens with zero attached hydrogens (tertiary/aromatic N) is 3. The van der Waals surface area contributed by atoms with Gasteiger partial charge in [0, 0.05) is 30.4 Å². The quantitative estimate of drug-likeness (QED) is 0.690. The lowest BCUT2D eigenvalue weighted by atomic mass is 9.73. The van der Waals surface area contributed by atoms with Gasteiger partial charge in [-0.25, -0.2) is 4.39 Å². The molecule has 32 heavy (non-hydrogen) atoms. The molecule has 0 bridgehead atoms. The Morgan fingerprint density at radius 2 is 1.91 bits per heavy atom. The van der Waals surface area contributed by atoms with Crippen LogP contribution in [0.4, 0.5) is 4.39 Å². The molecule has 0 aliphatic carbocycles. The standard InChI is InChI=1S/C25H22FN3O3/c26-20-5-1-3-18(11-20)25(32)28-13-21-24(22(15-30)29(21)23(31)14-28)17-8-6-16(7-9-17)19-4-2-10-27-12-19/h1-12,21-22,24,30H,13-15H2/t21-,22-,24+/m0/s1. The summed E-state index contributed by atoms with van der Waals surface area (Å²) in [6.07, 6.45) is 3.52. The first-order chi connectivity index (χ1) is 15.6. The molecule has 6 nitrogen and oxygen atoms in total. The summed E-state index contributed by atoms with van der Waals surface area (Å²) in [5, 5.41) is 9.97. The summed E-state index contributed by atoms with van der Waals surface area (Å²) in [5.74, 6) is -1.14. The van der Waals surface area contributed by atoms with Crippen LogP contribution in [0.2, 0.25) is 0 Å². The summed E-state index contributed by atoms with van der Waals surface area (Å²) < 4.78 is 13.6. The van der Waals surface area contributed by atoms with Gasteiger partial charge in [0.05, 0.1) is 18.7 Å². The third-order valence-corrected chi connectivity index (χ3v) is 6.40. The zero-order chi connectivity index (χ0) is 22.2. The van der Waals surface area contributed by atoms with Crippen molar-refractivity contribution >= 4 is 11.8 Å². The van der Waals surface area contributed by atoms with E-state index in [2.05, 4.69) is 4.98 Å². The summed E-state index contributed by atoms with van der Waals surface area (Å²) in [7, 11) is 0. The molecule has 2 aliphatic rings. The molecule has 3 aromatic rings. The maximum Gasteiger partial charge on any atom is 0.254 e. The van der Waals surface area contributed by atoms with Crippen LogP contribution in [0.15, 0.2) is 73.1 Å². The molecule has 1 N–H and O–H groups in total. The van der Waals surface area contributed by atoms with Crippen molar-refractivity contribution in [3.63, 3.8) is 0 Å². The predicted molar refractivity (Wildman–Crippen MR) is 116 cm³/mol. The Morgan fingerprint density at radius 1 is 1.09 bits per heavy atom. The number of halogens is 1. The minimum absolute atomic E-state index is 0.0744. The first kappa shape index (κ1) is 20.3. The molecule has 7 heteroatoms. The van der Waals surface area contributed by atoms with Gasteiger partial charge in [-0.1, -0.05) is 36.4 Å². The number of aromatic nitrogens is 1. The van der Waals surface area contributed by atoms with Crippen molar-refractivity contribution < 1.29 is 19.1 Å². The second-order valence-corrected chi connectivity index (χ2v) is 8.20. The summed E-state index contributed by atoms with van der Waals surface area (Å²) in [6, 6.07) is 16.8. The lowest BCUT2D eigenvalue weighted by molar-refractivity contribution is -0.159. The Balaban J connectivity index is 1.39. The van der Waals surface area contributed by atoms with Crippen molar-refractivity contribution in [1.29, 1.82) is 0 Å². The van der Waals surface area contributed by atoms with Crippen molar-refractivity contribution in [2.45, 2.75) is 18.0 Å². The van der Waals surface area contributed by atoms with Gasteiger partial charge < -0.3 is 14.9 Å². The molecule has 2 aromatic carbocycles. The molecule has 5 rings (SSSR count). The number of rotatable bonds is 4. The van der Waals surface area contributed by atoms with Gasteiger partial charge in [-0.3, -0.25) is 14.6 Å². The van der Waals surface area contributed by atoms with Crippen molar-refractivity contribution in [1.82, 2.24) is 14.8 Å². The second-order valence-electron chi connectivity index (χ2n) is 8.20. The fourth-order valence-electron chi connectivity index (χ4n) is 4.89. The molecule has 2 saturated heterocycles. The minimum atomic E-state index is -0.489. The fraction of sp³-hybridized carbons (Fsp3) is 0.240. The molecule has 2 fully saturated rings. The van der Waals surface area contributed by atoms with Crippen LogP contribution in [-0.2, 0) is 4.79 Å². The Kier molecular flexibility index (Phi) is 5.19. The first-order valence-corrected chi connectivity index (χ1v) is 10.5. The van der Waals surface area contributed by atoms with E-state index in [0.717, 1.165) is 16.7 Å². The van der Waals surface area contributed by atoms with Gasteiger partial charge in [-0.2, -0.15) is 0 Å². The average molecular weight is 431 g/mol. The van der Waals surface area contributed by atoms with E-state index in [-0.39, 0.29) is 48.5 Å². The monoisotopic (exact) mass is 431 g/mol. The van der Waals surface area contributed by atoms with Crippen LogP contribution in [0.1, 0.15) is 21.8 Å². The van der Waals surface area contributed by atoms with Crippen molar-refractivity contribution in [3.8, 4) is 11.1 Å². The number of carbonyl (C=O) groups excluding carboxylic acids is 2. The molecule has 0 radical (unpaired) electrons. The van der Waals surface area contributed by atoms with E-state index in [9.17, 15) is 19.1 Å². The highest BCUT2D eigenvalue weighted by Crippen LogP contribution is 2.43. The molecular formula is C25H22FN3O3. The molecule has 3 atom stereocenters. The highest BCUT2D eigenvalue weighted by molar-refractivity contribution is 5.97. The van der Waals surface area contributed by atoms with Gasteiger partial charge >= 0.3 is 0 Å². The largest absolute Gasteiger partial charge is 0.394 e. The van der Waals surface area contributed by atoms with Crippen LogP contribution in [0.3, 0.4) is 0 Å². The SMILES string of the molecule is O=C(c1cccc(F)c1)N1CC(=O)N2[C@@H](CO)[C@H](c3ccc(-c4cccnc4)cc3)[C@@H]2C1. The zero-order valence-corrected chi connectivity index (χ0v) is 17.3. The van der Waals surface area contributed by atoms with Gasteiger partial charge in [-0.05, 0) is 41.0 Å². The third-order valence-electron chi connectivity index (χ3n) is 6.40. The van der Waals surface area contributed by atoms with E-state index < -0.39 is 5.82 Å². The number of aliphatic hydroxyl groups excluding tert-OH is 1. The van der Waals surface area contributed by atoms with Crippen LogP contribution in [0, 0.1) is 5.82 Å². The number of pyridine rings is 1. The molecular weight excluding hydrogens is 409 g/mol. The first-order valence-electron chi connectivity index (χ1n) is 10.5. The number of hydrogen-bond donors (Lipinski definition) is 1. The van der Waals surface area contributed by atoms with Crippen LogP contribution in [0.25, 0.3) is 11.1 Å². The number of aliphatic hydroxyl groups is 1. The minimum Gasteiger partial charge on any atom is -0.394 e. The Hall–Kier alpha value is -3.58. The Labute approximate surface area is 184 Å². The molecule has 0 unspecified atom stereocenters. The van der Waals surface area contributed by atoms with E-state index in [0.29, 0.717) is 6.54 Å². The number of piperazine rings is 1. The van der Waals surface area contributed by atoms with Crippen molar-refractivity contribution in [3.05, 3.63) is 90.0 Å². The van der Waals surface area contributed by atoms with E-state index in [1.807, 2.05) is 36.4 Å². The van der Waals surface area contributed by atoms with Gasteiger partial charge in [0.1, 0.15) is 12.4 Å². The van der Waals surface area contributed by atoms with E-state index >= 15 is 0 Å². The van der Waals surface area contributed by atoms with Crippen molar-refractivity contribution in [2.75, 3.05) is 19.7 Å². The molecule has 162 valence electrons. The number of hydrogen-bond acceptors (Lipinski definition) is 4. The Bertz CT molecular complexity index is 1150. The molecule has 2 amide bonds. The van der Waals surface area contributed by atoms with Crippen molar-refractivity contribution in [2.24, 2.45) is 0 Å². The van der Waals surface area contributed by atoms with Crippen LogP contribution in [0.5, 0.6) is 0 Å². The maximum absolute atomic E-state index is 13.6. The predicted octanol–water partition coefficient (Wildman–Crippen LogP) is 2.70.